The van der Waals surface area contributed by atoms with E-state index in [0.717, 1.165) is 17.1 Å². The Morgan fingerprint density at radius 2 is 2.05 bits per heavy atom. The monoisotopic (exact) mass is 306 g/mol. The van der Waals surface area contributed by atoms with Crippen LogP contribution in [-0.2, 0) is 6.54 Å². The Balaban J connectivity index is 2.13. The molecule has 21 heavy (non-hydrogen) atoms. The van der Waals surface area contributed by atoms with Gasteiger partial charge in [-0.2, -0.15) is 0 Å². The number of nitrogens with one attached hydrogen (secondary N) is 1. The summed E-state index contributed by atoms with van der Waals surface area (Å²) in [6, 6.07) is 9.04. The Hall–Kier alpha value is -2.21. The van der Waals surface area contributed by atoms with Crippen molar-refractivity contribution in [2.24, 2.45) is 0 Å². The molecule has 0 aliphatic rings. The van der Waals surface area contributed by atoms with E-state index in [1.165, 1.54) is 12.1 Å². The Morgan fingerprint density at radius 3 is 2.76 bits per heavy atom. The first-order valence-corrected chi connectivity index (χ1v) is 6.70. The van der Waals surface area contributed by atoms with Gasteiger partial charge in [0.05, 0.1) is 19.2 Å². The molecule has 1 N–H and O–H groups in total. The lowest BCUT2D eigenvalue weighted by atomic mass is 10.2. The van der Waals surface area contributed by atoms with Crippen LogP contribution in [0.25, 0.3) is 11.0 Å². The van der Waals surface area contributed by atoms with Gasteiger partial charge in [-0.15, -0.1) is 0 Å². The standard InChI is InChI=1S/C15H12F2N2OS/c1-20-13-4-2-3-12-14(13)18-15(21)19(12)8-9-5-6-10(16)7-11(9)17/h2-7H,8H2,1H3,(H,18,21). The summed E-state index contributed by atoms with van der Waals surface area (Å²) in [6.45, 7) is 0.220. The predicted molar refractivity (Wildman–Crippen MR) is 79.1 cm³/mol. The van der Waals surface area contributed by atoms with E-state index in [-0.39, 0.29) is 6.54 Å². The van der Waals surface area contributed by atoms with E-state index in [1.807, 2.05) is 18.2 Å². The van der Waals surface area contributed by atoms with Crippen LogP contribution in [-0.4, -0.2) is 16.7 Å². The zero-order valence-corrected chi connectivity index (χ0v) is 12.0. The summed E-state index contributed by atoms with van der Waals surface area (Å²) in [5, 5.41) is 0. The number of ether oxygens (including phenoxy) is 1. The molecule has 1 heterocycles. The van der Waals surface area contributed by atoms with Gasteiger partial charge in [0.2, 0.25) is 0 Å². The maximum absolute atomic E-state index is 13.8. The molecule has 3 rings (SSSR count). The van der Waals surface area contributed by atoms with Gasteiger partial charge in [-0.3, -0.25) is 0 Å². The third-order valence-corrected chi connectivity index (χ3v) is 3.66. The zero-order chi connectivity index (χ0) is 15.0. The van der Waals surface area contributed by atoms with Gasteiger partial charge >= 0.3 is 0 Å². The molecule has 0 aliphatic heterocycles. The summed E-state index contributed by atoms with van der Waals surface area (Å²) < 4.78 is 34.2. The van der Waals surface area contributed by atoms with Crippen LogP contribution >= 0.6 is 12.2 Å². The number of rotatable bonds is 3. The number of aromatic amines is 1. The van der Waals surface area contributed by atoms with Gasteiger partial charge in [0.1, 0.15) is 22.9 Å². The normalized spacial score (nSPS) is 11.0. The molecule has 3 nitrogen and oxygen atoms in total. The second-order valence-corrected chi connectivity index (χ2v) is 4.99. The number of halogens is 2. The van der Waals surface area contributed by atoms with Gasteiger partial charge < -0.3 is 14.3 Å². The summed E-state index contributed by atoms with van der Waals surface area (Å²) in [5.41, 5.74) is 1.94. The summed E-state index contributed by atoms with van der Waals surface area (Å²) in [4.78, 5) is 3.05. The van der Waals surface area contributed by atoms with Crippen LogP contribution in [0.2, 0.25) is 0 Å². The van der Waals surface area contributed by atoms with Gasteiger partial charge in [-0.25, -0.2) is 8.78 Å². The van der Waals surface area contributed by atoms with Crippen molar-refractivity contribution in [1.82, 2.24) is 9.55 Å². The van der Waals surface area contributed by atoms with Crippen LogP contribution in [0.3, 0.4) is 0 Å². The lowest BCUT2D eigenvalue weighted by Gasteiger charge is -2.07. The predicted octanol–water partition coefficient (Wildman–Crippen LogP) is 4.03. The number of benzene rings is 2. The molecule has 2 aromatic carbocycles. The van der Waals surface area contributed by atoms with E-state index in [1.54, 1.807) is 11.7 Å². The third-order valence-electron chi connectivity index (χ3n) is 3.34. The Bertz CT molecular complexity index is 870. The number of methoxy groups -OCH3 is 1. The Labute approximate surface area is 124 Å². The largest absolute Gasteiger partial charge is 0.494 e. The zero-order valence-electron chi connectivity index (χ0n) is 11.2. The van der Waals surface area contributed by atoms with Crippen LogP contribution < -0.4 is 4.74 Å². The Morgan fingerprint density at radius 1 is 1.24 bits per heavy atom. The molecule has 0 bridgehead atoms. The molecule has 1 aromatic heterocycles. The van der Waals surface area contributed by atoms with Gasteiger partial charge in [0.15, 0.2) is 4.77 Å². The first-order valence-electron chi connectivity index (χ1n) is 6.29. The summed E-state index contributed by atoms with van der Waals surface area (Å²) >= 11 is 5.28. The fourth-order valence-electron chi connectivity index (χ4n) is 2.30. The second-order valence-electron chi connectivity index (χ2n) is 4.61. The molecular formula is C15H12F2N2OS. The molecule has 0 amide bonds. The van der Waals surface area contributed by atoms with Crippen molar-refractivity contribution in [1.29, 1.82) is 0 Å². The average molecular weight is 306 g/mol. The van der Waals surface area contributed by atoms with Crippen molar-refractivity contribution in [3.05, 3.63) is 58.4 Å². The average Bonchev–Trinajstić information content (AvgIpc) is 2.78. The molecule has 0 unspecified atom stereocenters. The number of fused-ring (bicyclic) bond motifs is 1. The van der Waals surface area contributed by atoms with E-state index < -0.39 is 11.6 Å². The number of imidazole rings is 1. The Kier molecular flexibility index (Phi) is 3.47. The topological polar surface area (TPSA) is 29.9 Å². The number of hydrogen-bond acceptors (Lipinski definition) is 2. The lowest BCUT2D eigenvalue weighted by molar-refractivity contribution is 0.419. The van der Waals surface area contributed by atoms with Crippen LogP contribution in [0.1, 0.15) is 5.56 Å². The van der Waals surface area contributed by atoms with Crippen molar-refractivity contribution < 1.29 is 13.5 Å². The quantitative estimate of drug-likeness (QED) is 0.740. The minimum absolute atomic E-state index is 0.220. The molecule has 0 spiro atoms. The molecule has 108 valence electrons. The molecule has 0 radical (unpaired) electrons. The van der Waals surface area contributed by atoms with E-state index in [0.29, 0.717) is 16.1 Å². The minimum Gasteiger partial charge on any atom is -0.494 e. The highest BCUT2D eigenvalue weighted by Crippen LogP contribution is 2.25. The second kappa shape index (κ2) is 5.29. The van der Waals surface area contributed by atoms with Gasteiger partial charge in [-0.1, -0.05) is 12.1 Å². The first kappa shape index (κ1) is 13.8. The number of aromatic nitrogens is 2. The van der Waals surface area contributed by atoms with Gasteiger partial charge in [-0.05, 0) is 30.4 Å². The molecule has 0 fully saturated rings. The molecule has 0 saturated heterocycles. The maximum Gasteiger partial charge on any atom is 0.178 e. The number of para-hydroxylation sites is 1. The van der Waals surface area contributed by atoms with E-state index in [2.05, 4.69) is 4.98 Å². The first-order chi connectivity index (χ1) is 10.1. The van der Waals surface area contributed by atoms with Crippen molar-refractivity contribution in [3.63, 3.8) is 0 Å². The third kappa shape index (κ3) is 2.42. The maximum atomic E-state index is 13.8. The molecule has 0 aliphatic carbocycles. The van der Waals surface area contributed by atoms with Gasteiger partial charge in [0.25, 0.3) is 0 Å². The summed E-state index contributed by atoms with van der Waals surface area (Å²) in [7, 11) is 1.57. The lowest BCUT2D eigenvalue weighted by Crippen LogP contribution is -2.02. The van der Waals surface area contributed by atoms with Crippen LogP contribution in [0.15, 0.2) is 36.4 Å². The van der Waals surface area contributed by atoms with Crippen LogP contribution in [0.5, 0.6) is 5.75 Å². The van der Waals surface area contributed by atoms with E-state index >= 15 is 0 Å². The van der Waals surface area contributed by atoms with Crippen LogP contribution in [0, 0.1) is 16.4 Å². The van der Waals surface area contributed by atoms with Crippen molar-refractivity contribution in [2.75, 3.05) is 7.11 Å². The molecular weight excluding hydrogens is 294 g/mol. The molecule has 0 atom stereocenters. The smallest absolute Gasteiger partial charge is 0.178 e. The molecule has 3 aromatic rings. The fourth-order valence-corrected chi connectivity index (χ4v) is 2.57. The number of nitrogens with zero attached hydrogens (tertiary/aromatic N) is 1. The van der Waals surface area contributed by atoms with Crippen LogP contribution in [0.4, 0.5) is 8.78 Å². The SMILES string of the molecule is COc1cccc2c1[nH]c(=S)n2Cc1ccc(F)cc1F. The molecule has 6 heteroatoms. The minimum atomic E-state index is -0.597. The van der Waals surface area contributed by atoms with Crippen molar-refractivity contribution >= 4 is 23.3 Å². The summed E-state index contributed by atoms with van der Waals surface area (Å²) in [6.07, 6.45) is 0. The van der Waals surface area contributed by atoms with E-state index in [4.69, 9.17) is 17.0 Å². The van der Waals surface area contributed by atoms with Crippen molar-refractivity contribution in [3.8, 4) is 5.75 Å². The van der Waals surface area contributed by atoms with Crippen molar-refractivity contribution in [2.45, 2.75) is 6.54 Å². The van der Waals surface area contributed by atoms with Gasteiger partial charge in [0, 0.05) is 11.6 Å². The summed E-state index contributed by atoms with van der Waals surface area (Å²) in [5.74, 6) is -0.522. The highest BCUT2D eigenvalue weighted by molar-refractivity contribution is 7.71. The molecule has 0 saturated carbocycles. The number of hydrogen-bond donors (Lipinski definition) is 1. The van der Waals surface area contributed by atoms with E-state index in [9.17, 15) is 8.78 Å². The highest BCUT2D eigenvalue weighted by Gasteiger charge is 2.11. The highest BCUT2D eigenvalue weighted by atomic mass is 32.1. The fraction of sp³-hybridized carbons (Fsp3) is 0.133. The number of H-pyrrole nitrogens is 1.